The van der Waals surface area contributed by atoms with Gasteiger partial charge in [-0.05, 0) is 32.0 Å². The van der Waals surface area contributed by atoms with Crippen molar-refractivity contribution in [1.82, 2.24) is 0 Å². The first-order valence-electron chi connectivity index (χ1n) is 4.77. The molecule has 2 nitrogen and oxygen atoms in total. The molecule has 0 aliphatic rings. The molecule has 0 saturated heterocycles. The fourth-order valence-electron chi connectivity index (χ4n) is 1.21. The van der Waals surface area contributed by atoms with Gasteiger partial charge in [-0.2, -0.15) is 0 Å². The van der Waals surface area contributed by atoms with E-state index in [9.17, 15) is 4.39 Å². The van der Waals surface area contributed by atoms with Crippen LogP contribution < -0.4 is 10.6 Å². The summed E-state index contributed by atoms with van der Waals surface area (Å²) in [6.07, 6.45) is 0. The Balaban J connectivity index is 3.10. The number of hydrogen-bond acceptors (Lipinski definition) is 2. The molecule has 1 aromatic carbocycles. The molecule has 0 aromatic heterocycles. The maximum absolute atomic E-state index is 13.6. The molecule has 0 spiro atoms. The first-order valence-corrected chi connectivity index (χ1v) is 5.57. The van der Waals surface area contributed by atoms with Gasteiger partial charge in [0.1, 0.15) is 5.82 Å². The molecule has 0 fully saturated rings. The van der Waals surface area contributed by atoms with Crippen LogP contribution in [-0.2, 0) is 0 Å². The molecule has 0 atom stereocenters. The Labute approximate surface area is 98.4 Å². The zero-order valence-corrected chi connectivity index (χ0v) is 10.8. The number of benzene rings is 1. The average Bonchev–Trinajstić information content (AvgIpc) is 2.20. The van der Waals surface area contributed by atoms with Gasteiger partial charge in [-0.25, -0.2) is 4.39 Å². The first kappa shape index (κ1) is 12.5. The zero-order chi connectivity index (χ0) is 11.6. The van der Waals surface area contributed by atoms with Crippen molar-refractivity contribution in [3.8, 4) is 0 Å². The maximum atomic E-state index is 13.6. The Hall–Kier alpha value is -0.610. The van der Waals surface area contributed by atoms with E-state index in [1.807, 2.05) is 25.8 Å². The van der Waals surface area contributed by atoms with Gasteiger partial charge in [0.2, 0.25) is 0 Å². The van der Waals surface area contributed by atoms with E-state index in [1.165, 1.54) is 6.07 Å². The van der Waals surface area contributed by atoms with Gasteiger partial charge >= 0.3 is 0 Å². The summed E-state index contributed by atoms with van der Waals surface area (Å²) in [4.78, 5) is 1.85. The third-order valence-electron chi connectivity index (χ3n) is 2.68. The largest absolute Gasteiger partial charge is 0.366 e. The molecule has 1 aromatic rings. The summed E-state index contributed by atoms with van der Waals surface area (Å²) in [5.74, 6) is -0.234. The highest BCUT2D eigenvalue weighted by molar-refractivity contribution is 9.10. The summed E-state index contributed by atoms with van der Waals surface area (Å²) < 4.78 is 14.4. The number of hydrogen-bond donors (Lipinski definition) is 1. The van der Waals surface area contributed by atoms with Crippen molar-refractivity contribution >= 4 is 21.6 Å². The summed E-state index contributed by atoms with van der Waals surface area (Å²) in [6, 6.07) is 4.89. The Bertz CT molecular complexity index is 352. The van der Waals surface area contributed by atoms with Gasteiger partial charge in [0.15, 0.2) is 0 Å². The first-order chi connectivity index (χ1) is 6.88. The molecule has 0 unspecified atom stereocenters. The number of likely N-dealkylation sites (N-methyl/N-ethyl adjacent to an activating group) is 1. The molecule has 0 radical (unpaired) electrons. The maximum Gasteiger partial charge on any atom is 0.146 e. The third-order valence-corrected chi connectivity index (χ3v) is 3.17. The molecular formula is C11H16BrFN2. The highest BCUT2D eigenvalue weighted by Gasteiger charge is 2.24. The molecule has 1 rings (SSSR count). The Morgan fingerprint density at radius 1 is 1.47 bits per heavy atom. The van der Waals surface area contributed by atoms with E-state index >= 15 is 0 Å². The lowest BCUT2D eigenvalue weighted by Crippen LogP contribution is -2.47. The molecule has 15 heavy (non-hydrogen) atoms. The van der Waals surface area contributed by atoms with Gasteiger partial charge in [0.05, 0.1) is 5.69 Å². The fourth-order valence-corrected chi connectivity index (χ4v) is 1.55. The van der Waals surface area contributed by atoms with Crippen LogP contribution in [0.3, 0.4) is 0 Å². The van der Waals surface area contributed by atoms with Crippen LogP contribution in [0.25, 0.3) is 0 Å². The minimum atomic E-state index is -0.262. The molecule has 2 N–H and O–H groups in total. The van der Waals surface area contributed by atoms with E-state index in [0.29, 0.717) is 12.2 Å². The second kappa shape index (κ2) is 4.49. The smallest absolute Gasteiger partial charge is 0.146 e. The van der Waals surface area contributed by atoms with Crippen molar-refractivity contribution in [2.75, 3.05) is 18.5 Å². The minimum absolute atomic E-state index is 0.234. The zero-order valence-electron chi connectivity index (χ0n) is 9.22. The van der Waals surface area contributed by atoms with Crippen molar-refractivity contribution in [1.29, 1.82) is 0 Å². The predicted molar refractivity (Wildman–Crippen MR) is 65.6 cm³/mol. The highest BCUT2D eigenvalue weighted by Crippen LogP contribution is 2.27. The fraction of sp³-hybridized carbons (Fsp3) is 0.455. The van der Waals surface area contributed by atoms with Gasteiger partial charge in [0.25, 0.3) is 0 Å². The second-order valence-electron chi connectivity index (χ2n) is 4.17. The summed E-state index contributed by atoms with van der Waals surface area (Å²) in [5, 5.41) is 0. The van der Waals surface area contributed by atoms with Crippen molar-refractivity contribution in [2.24, 2.45) is 5.73 Å². The van der Waals surface area contributed by atoms with Gasteiger partial charge in [0, 0.05) is 23.6 Å². The molecule has 0 bridgehead atoms. The Morgan fingerprint density at radius 2 is 2.07 bits per heavy atom. The third kappa shape index (κ3) is 2.69. The molecule has 84 valence electrons. The molecular weight excluding hydrogens is 259 g/mol. The molecule has 4 heteroatoms. The number of nitrogens with two attached hydrogens (primary N) is 1. The summed E-state index contributed by atoms with van der Waals surface area (Å²) in [7, 11) is 1.84. The summed E-state index contributed by atoms with van der Waals surface area (Å²) >= 11 is 3.33. The summed E-state index contributed by atoms with van der Waals surface area (Å²) in [5.41, 5.74) is 5.95. The van der Waals surface area contributed by atoms with Crippen molar-refractivity contribution in [3.05, 3.63) is 28.5 Å². The van der Waals surface area contributed by atoms with E-state index < -0.39 is 0 Å². The van der Waals surface area contributed by atoms with Gasteiger partial charge < -0.3 is 10.6 Å². The number of anilines is 1. The topological polar surface area (TPSA) is 29.3 Å². The molecule has 0 heterocycles. The minimum Gasteiger partial charge on any atom is -0.366 e. The standard InChI is InChI=1S/C11H16BrFN2/c1-11(2,7-14)15(3)10-6-8(12)4-5-9(10)13/h4-6H,7,14H2,1-3H3. The van der Waals surface area contributed by atoms with Crippen LogP contribution in [0.15, 0.2) is 22.7 Å². The van der Waals surface area contributed by atoms with Crippen LogP contribution in [0.5, 0.6) is 0 Å². The Morgan fingerprint density at radius 3 is 2.60 bits per heavy atom. The number of rotatable bonds is 3. The molecule has 0 saturated carbocycles. The average molecular weight is 275 g/mol. The van der Waals surface area contributed by atoms with E-state index in [4.69, 9.17) is 5.73 Å². The van der Waals surface area contributed by atoms with Crippen LogP contribution in [0.2, 0.25) is 0 Å². The van der Waals surface area contributed by atoms with Crippen LogP contribution >= 0.6 is 15.9 Å². The van der Waals surface area contributed by atoms with Crippen molar-refractivity contribution in [3.63, 3.8) is 0 Å². The monoisotopic (exact) mass is 274 g/mol. The lowest BCUT2D eigenvalue weighted by Gasteiger charge is -2.36. The summed E-state index contributed by atoms with van der Waals surface area (Å²) in [6.45, 7) is 4.43. The molecule has 0 amide bonds. The van der Waals surface area contributed by atoms with Gasteiger partial charge in [-0.15, -0.1) is 0 Å². The van der Waals surface area contributed by atoms with Crippen molar-refractivity contribution < 1.29 is 4.39 Å². The van der Waals surface area contributed by atoms with E-state index in [2.05, 4.69) is 15.9 Å². The second-order valence-corrected chi connectivity index (χ2v) is 5.09. The molecule has 0 aliphatic carbocycles. The van der Waals surface area contributed by atoms with Crippen LogP contribution in [0, 0.1) is 5.82 Å². The van der Waals surface area contributed by atoms with Gasteiger partial charge in [-0.1, -0.05) is 15.9 Å². The van der Waals surface area contributed by atoms with Gasteiger partial charge in [-0.3, -0.25) is 0 Å². The van der Waals surface area contributed by atoms with Crippen LogP contribution in [-0.4, -0.2) is 19.1 Å². The highest BCUT2D eigenvalue weighted by atomic mass is 79.9. The van der Waals surface area contributed by atoms with E-state index in [1.54, 1.807) is 12.1 Å². The predicted octanol–water partition coefficient (Wildman–Crippen LogP) is 2.76. The quantitative estimate of drug-likeness (QED) is 0.919. The normalized spacial score (nSPS) is 11.6. The van der Waals surface area contributed by atoms with Crippen LogP contribution in [0.1, 0.15) is 13.8 Å². The number of halogens is 2. The van der Waals surface area contributed by atoms with E-state index in [0.717, 1.165) is 4.47 Å². The number of nitrogens with zero attached hydrogens (tertiary/aromatic N) is 1. The van der Waals surface area contributed by atoms with Crippen molar-refractivity contribution in [2.45, 2.75) is 19.4 Å². The molecule has 0 aliphatic heterocycles. The lowest BCUT2D eigenvalue weighted by atomic mass is 10.0. The van der Waals surface area contributed by atoms with Crippen LogP contribution in [0.4, 0.5) is 10.1 Å². The van der Waals surface area contributed by atoms with E-state index in [-0.39, 0.29) is 11.4 Å². The lowest BCUT2D eigenvalue weighted by molar-refractivity contribution is 0.488. The SMILES string of the molecule is CN(c1cc(Br)ccc1F)C(C)(C)CN. The Kier molecular flexibility index (Phi) is 3.73.